The molecule has 0 spiro atoms. The molecule has 4 rings (SSSR count). The average Bonchev–Trinajstić information content (AvgIpc) is 3.35. The fourth-order valence-electron chi connectivity index (χ4n) is 3.32. The van der Waals surface area contributed by atoms with Crippen LogP contribution in [0, 0.1) is 0 Å². The molecule has 1 amide bonds. The Morgan fingerprint density at radius 2 is 1.69 bits per heavy atom. The van der Waals surface area contributed by atoms with Crippen LogP contribution in [-0.4, -0.2) is 31.3 Å². The number of anilines is 2. The van der Waals surface area contributed by atoms with Gasteiger partial charge in [0.1, 0.15) is 10.6 Å². The van der Waals surface area contributed by atoms with Crippen LogP contribution in [0.2, 0.25) is 0 Å². The van der Waals surface area contributed by atoms with E-state index in [2.05, 4.69) is 10.6 Å². The van der Waals surface area contributed by atoms with E-state index in [0.717, 1.165) is 21.4 Å². The van der Waals surface area contributed by atoms with Gasteiger partial charge in [-0.25, -0.2) is 0 Å². The number of alkyl halides is 3. The topological polar surface area (TPSA) is 74.5 Å². The highest BCUT2D eigenvalue weighted by Crippen LogP contribution is 2.26. The number of halogens is 3. The van der Waals surface area contributed by atoms with Crippen molar-refractivity contribution >= 4 is 39.5 Å². The summed E-state index contributed by atoms with van der Waals surface area (Å²) in [6.07, 6.45) is 1.60. The maximum absolute atomic E-state index is 13.6. The number of nitrogens with zero attached hydrogens (tertiary/aromatic N) is 1. The van der Waals surface area contributed by atoms with Gasteiger partial charge in [0.15, 0.2) is 0 Å². The van der Waals surface area contributed by atoms with Crippen molar-refractivity contribution in [1.82, 2.24) is 0 Å². The van der Waals surface area contributed by atoms with Crippen LogP contribution in [-0.2, 0) is 6.54 Å². The summed E-state index contributed by atoms with van der Waals surface area (Å²) >= 11 is 1.34. The van der Waals surface area contributed by atoms with Gasteiger partial charge in [-0.3, -0.25) is 18.8 Å². The van der Waals surface area contributed by atoms with Crippen molar-refractivity contribution in [2.24, 2.45) is 0 Å². The van der Waals surface area contributed by atoms with Crippen LogP contribution in [0.4, 0.5) is 24.5 Å². The molecule has 3 N–H and O–H groups in total. The summed E-state index contributed by atoms with van der Waals surface area (Å²) in [5.41, 5.74) is 3.00. The molecule has 0 aliphatic heterocycles. The zero-order chi connectivity index (χ0) is 26.7. The standard InChI is InChI=1S/C24H22FN3O3S.2CH3F/c1-24(2,25)31-18-9-7-17(8-10-18)27-23(29)22-20(12-14-32-22)26-15-16-11-13-28(30)21-6-4-3-5-19(16)21;2*1-2/h3-14H,15H2,1-2H3,(H2-,26,27,29,30);2*1H3/p+1. The largest absolute Gasteiger partial charge is 0.459 e. The Hall–Kier alpha value is -3.79. The van der Waals surface area contributed by atoms with Gasteiger partial charge in [-0.1, -0.05) is 12.1 Å². The molecule has 2 aromatic heterocycles. The van der Waals surface area contributed by atoms with Gasteiger partial charge in [-0.05, 0) is 47.3 Å². The second kappa shape index (κ2) is 13.3. The molecular formula is C26H29F3N3O3S+. The summed E-state index contributed by atoms with van der Waals surface area (Å²) in [6.45, 7) is 3.14. The number of carbonyl (C=O) groups is 1. The first kappa shape index (κ1) is 28.4. The van der Waals surface area contributed by atoms with Gasteiger partial charge in [0.05, 0.1) is 25.4 Å². The zero-order valence-electron chi connectivity index (χ0n) is 20.4. The van der Waals surface area contributed by atoms with Crippen LogP contribution in [0.15, 0.2) is 72.2 Å². The lowest BCUT2D eigenvalue weighted by Gasteiger charge is -2.17. The number of hydrogen-bond donors (Lipinski definition) is 3. The average molecular weight is 521 g/mol. The lowest BCUT2D eigenvalue weighted by molar-refractivity contribution is -0.884. The molecule has 0 atom stereocenters. The van der Waals surface area contributed by atoms with Gasteiger partial charge in [0, 0.05) is 42.9 Å². The number of nitrogens with one attached hydrogen (secondary N) is 2. The molecule has 10 heteroatoms. The first-order valence-electron chi connectivity index (χ1n) is 10.8. The van der Waals surface area contributed by atoms with Crippen LogP contribution in [0.5, 0.6) is 5.75 Å². The highest BCUT2D eigenvalue weighted by atomic mass is 32.1. The number of aromatic nitrogens is 1. The summed E-state index contributed by atoms with van der Waals surface area (Å²) in [6, 6.07) is 17.8. The SMILES string of the molecule is CC(C)(F)Oc1ccc(NC(=O)c2sccc2NCc2cc[n+](O)c3ccccc23)cc1.CF.CF. The van der Waals surface area contributed by atoms with Gasteiger partial charge in [0.25, 0.3) is 11.4 Å². The minimum atomic E-state index is -1.77. The second-order valence-corrected chi connectivity index (χ2v) is 8.58. The second-order valence-electron chi connectivity index (χ2n) is 7.66. The molecule has 36 heavy (non-hydrogen) atoms. The van der Waals surface area contributed by atoms with Crippen LogP contribution >= 0.6 is 11.3 Å². The summed E-state index contributed by atoms with van der Waals surface area (Å²) in [5, 5.41) is 18.9. The predicted octanol–water partition coefficient (Wildman–Crippen LogP) is 6.55. The Morgan fingerprint density at radius 1 is 1.03 bits per heavy atom. The van der Waals surface area contributed by atoms with Crippen molar-refractivity contribution < 1.29 is 32.6 Å². The highest BCUT2D eigenvalue weighted by Gasteiger charge is 2.18. The molecule has 0 saturated carbocycles. The van der Waals surface area contributed by atoms with Gasteiger partial charge >= 0.3 is 0 Å². The van der Waals surface area contributed by atoms with E-state index in [9.17, 15) is 23.2 Å². The lowest BCUT2D eigenvalue weighted by atomic mass is 10.1. The Balaban J connectivity index is 0.00000109. The van der Waals surface area contributed by atoms with E-state index < -0.39 is 5.85 Å². The number of fused-ring (bicyclic) bond motifs is 1. The molecule has 192 valence electrons. The molecule has 0 fully saturated rings. The van der Waals surface area contributed by atoms with Crippen LogP contribution in [0.1, 0.15) is 29.1 Å². The first-order valence-corrected chi connectivity index (χ1v) is 11.7. The summed E-state index contributed by atoms with van der Waals surface area (Å²) < 4.78 is 38.9. The smallest absolute Gasteiger partial charge is 0.267 e. The van der Waals surface area contributed by atoms with Crippen LogP contribution < -0.4 is 20.1 Å². The molecule has 4 aromatic rings. The number of pyridine rings is 1. The number of carbonyl (C=O) groups excluding carboxylic acids is 1. The zero-order valence-corrected chi connectivity index (χ0v) is 21.2. The third kappa shape index (κ3) is 7.61. The fraction of sp³-hybridized carbons (Fsp3) is 0.231. The normalized spacial score (nSPS) is 10.4. The molecular weight excluding hydrogens is 491 g/mol. The van der Waals surface area contributed by atoms with Gasteiger partial charge in [-0.15, -0.1) is 11.3 Å². The number of hydrogen-bond acceptors (Lipinski definition) is 5. The lowest BCUT2D eigenvalue weighted by Crippen LogP contribution is -2.30. The molecule has 0 bridgehead atoms. The third-order valence-corrected chi connectivity index (χ3v) is 5.64. The molecule has 0 saturated heterocycles. The quantitative estimate of drug-likeness (QED) is 0.191. The molecule has 0 unspecified atom stereocenters. The number of ether oxygens (including phenoxy) is 1. The monoisotopic (exact) mass is 520 g/mol. The molecule has 0 aliphatic carbocycles. The summed E-state index contributed by atoms with van der Waals surface area (Å²) in [4.78, 5) is 13.4. The van der Waals surface area contributed by atoms with E-state index in [0.29, 0.717) is 42.7 Å². The third-order valence-electron chi connectivity index (χ3n) is 4.73. The van der Waals surface area contributed by atoms with Gasteiger partial charge in [-0.2, -0.15) is 4.39 Å². The minimum absolute atomic E-state index is 0.242. The van der Waals surface area contributed by atoms with Gasteiger partial charge in [0.2, 0.25) is 12.1 Å². The molecule has 0 radical (unpaired) electrons. The Morgan fingerprint density at radius 3 is 2.36 bits per heavy atom. The van der Waals surface area contributed by atoms with E-state index >= 15 is 0 Å². The Labute approximate surface area is 211 Å². The Bertz CT molecular complexity index is 1260. The first-order chi connectivity index (χ1) is 17.3. The molecule has 6 nitrogen and oxygen atoms in total. The molecule has 0 aliphatic rings. The number of para-hydroxylation sites is 1. The predicted molar refractivity (Wildman–Crippen MR) is 137 cm³/mol. The van der Waals surface area contributed by atoms with E-state index in [1.54, 1.807) is 30.5 Å². The maximum atomic E-state index is 13.6. The van der Waals surface area contributed by atoms with Crippen molar-refractivity contribution in [2.75, 3.05) is 25.0 Å². The van der Waals surface area contributed by atoms with E-state index in [4.69, 9.17) is 4.74 Å². The fourth-order valence-corrected chi connectivity index (χ4v) is 4.08. The maximum Gasteiger partial charge on any atom is 0.267 e. The number of amides is 1. The van der Waals surface area contributed by atoms with Crippen molar-refractivity contribution in [3.63, 3.8) is 0 Å². The van der Waals surface area contributed by atoms with Crippen molar-refractivity contribution in [3.8, 4) is 5.75 Å². The van der Waals surface area contributed by atoms with Crippen LogP contribution in [0.3, 0.4) is 0 Å². The summed E-state index contributed by atoms with van der Waals surface area (Å²) in [5.74, 6) is -1.63. The molecule has 2 heterocycles. The van der Waals surface area contributed by atoms with E-state index in [1.165, 1.54) is 25.2 Å². The minimum Gasteiger partial charge on any atom is -0.459 e. The molecule has 2 aromatic carbocycles. The van der Waals surface area contributed by atoms with E-state index in [-0.39, 0.29) is 5.91 Å². The van der Waals surface area contributed by atoms with E-state index in [1.807, 2.05) is 41.8 Å². The summed E-state index contributed by atoms with van der Waals surface area (Å²) in [7, 11) is 1.00. The van der Waals surface area contributed by atoms with Crippen molar-refractivity contribution in [3.05, 3.63) is 82.7 Å². The number of thiophene rings is 1. The van der Waals surface area contributed by atoms with Crippen molar-refractivity contribution in [1.29, 1.82) is 0 Å². The Kier molecular flexibility index (Phi) is 10.5. The van der Waals surface area contributed by atoms with Gasteiger partial charge < -0.3 is 15.4 Å². The number of rotatable bonds is 7. The van der Waals surface area contributed by atoms with Crippen molar-refractivity contribution in [2.45, 2.75) is 26.2 Å². The van der Waals surface area contributed by atoms with Crippen LogP contribution in [0.25, 0.3) is 10.9 Å². The highest BCUT2D eigenvalue weighted by molar-refractivity contribution is 7.12. The number of benzene rings is 2.